The number of likely N-dealkylation sites (tertiary alicyclic amines) is 1. The number of hydrogen-bond donors (Lipinski definition) is 3. The minimum Gasteiger partial charge on any atom is -0.493 e. The lowest BCUT2D eigenvalue weighted by Gasteiger charge is -2.33. The van der Waals surface area contributed by atoms with Gasteiger partial charge in [-0.25, -0.2) is 4.79 Å². The molecule has 8 nitrogen and oxygen atoms in total. The summed E-state index contributed by atoms with van der Waals surface area (Å²) >= 11 is 0. The number of rotatable bonds is 8. The van der Waals surface area contributed by atoms with Crippen LogP contribution in [-0.4, -0.2) is 71.7 Å². The number of carbonyl (C=O) groups excluding carboxylic acids is 2. The smallest absolute Gasteiger partial charge is 0.410 e. The third-order valence-corrected chi connectivity index (χ3v) is 6.48. The number of nitrogens with zero attached hydrogens (tertiary/aromatic N) is 1. The number of carbonyl (C=O) groups is 2. The van der Waals surface area contributed by atoms with E-state index in [1.165, 1.54) is 5.57 Å². The molecule has 1 fully saturated rings. The summed E-state index contributed by atoms with van der Waals surface area (Å²) in [6.07, 6.45) is 5.00. The van der Waals surface area contributed by atoms with Gasteiger partial charge in [0, 0.05) is 25.6 Å². The van der Waals surface area contributed by atoms with Crippen molar-refractivity contribution in [2.75, 3.05) is 32.8 Å². The molecule has 0 spiro atoms. The molecular weight excluding hydrogens is 448 g/mol. The summed E-state index contributed by atoms with van der Waals surface area (Å²) in [7, 11) is 0. The number of aliphatic hydroxyl groups excluding tert-OH is 2. The first-order valence-corrected chi connectivity index (χ1v) is 12.6. The van der Waals surface area contributed by atoms with Gasteiger partial charge in [0.25, 0.3) is 0 Å². The molecule has 2 atom stereocenters. The lowest BCUT2D eigenvalue weighted by atomic mass is 9.86. The van der Waals surface area contributed by atoms with Gasteiger partial charge in [0.15, 0.2) is 0 Å². The minimum atomic E-state index is -0.917. The Hall–Kier alpha value is -2.58. The van der Waals surface area contributed by atoms with Crippen molar-refractivity contribution in [1.82, 2.24) is 10.2 Å². The zero-order valence-electron chi connectivity index (χ0n) is 21.2. The van der Waals surface area contributed by atoms with Gasteiger partial charge in [-0.1, -0.05) is 18.2 Å². The van der Waals surface area contributed by atoms with Crippen LogP contribution < -0.4 is 10.1 Å². The average Bonchev–Trinajstić information content (AvgIpc) is 2.85. The van der Waals surface area contributed by atoms with Crippen LogP contribution in [0.1, 0.15) is 58.4 Å². The molecule has 2 amide bonds. The van der Waals surface area contributed by atoms with E-state index in [-0.39, 0.29) is 31.1 Å². The molecule has 2 aliphatic rings. The van der Waals surface area contributed by atoms with Gasteiger partial charge in [-0.05, 0) is 82.1 Å². The second-order valence-electron chi connectivity index (χ2n) is 10.5. The summed E-state index contributed by atoms with van der Waals surface area (Å²) in [4.78, 5) is 26.2. The maximum atomic E-state index is 12.2. The Labute approximate surface area is 208 Å². The fourth-order valence-corrected chi connectivity index (χ4v) is 4.35. The molecule has 1 saturated heterocycles. The standard InChI is InChI=1S/C27H40N2O6/c1-27(2,3)35-26(33)29-14-12-19(13-15-29)18-34-24-10-8-21(9-11-24)20-4-6-22(7-5-20)25(32)28-16-23(31)17-30/h4,8-11,19,22-23,30-31H,5-7,12-18H2,1-3H3,(H,28,32)/t22?,23-/m1/s1. The summed E-state index contributed by atoms with van der Waals surface area (Å²) in [6, 6.07) is 8.09. The van der Waals surface area contributed by atoms with Crippen molar-refractivity contribution in [3.05, 3.63) is 35.9 Å². The van der Waals surface area contributed by atoms with Crippen LogP contribution in [-0.2, 0) is 9.53 Å². The third-order valence-electron chi connectivity index (χ3n) is 6.48. The molecule has 1 aliphatic carbocycles. The molecule has 0 aromatic heterocycles. The molecule has 3 rings (SSSR count). The van der Waals surface area contributed by atoms with E-state index in [1.54, 1.807) is 4.90 Å². The molecule has 1 heterocycles. The van der Waals surface area contributed by atoms with Crippen LogP contribution in [0.15, 0.2) is 30.3 Å². The monoisotopic (exact) mass is 488 g/mol. The highest BCUT2D eigenvalue weighted by atomic mass is 16.6. The fourth-order valence-electron chi connectivity index (χ4n) is 4.35. The van der Waals surface area contributed by atoms with Crippen LogP contribution >= 0.6 is 0 Å². The SMILES string of the molecule is CC(C)(C)OC(=O)N1CCC(COc2ccc(C3=CCC(C(=O)NC[C@@H](O)CO)CC3)cc2)CC1. The quantitative estimate of drug-likeness (QED) is 0.518. The molecule has 1 aromatic rings. The first-order valence-electron chi connectivity index (χ1n) is 12.6. The lowest BCUT2D eigenvalue weighted by Crippen LogP contribution is -2.42. The number of allylic oxidation sites excluding steroid dienone is 2. The molecule has 1 aromatic carbocycles. The van der Waals surface area contributed by atoms with E-state index in [9.17, 15) is 14.7 Å². The number of amides is 2. The van der Waals surface area contributed by atoms with Crippen molar-refractivity contribution < 1.29 is 29.3 Å². The van der Waals surface area contributed by atoms with Gasteiger partial charge < -0.3 is 29.9 Å². The van der Waals surface area contributed by atoms with Gasteiger partial charge in [0.1, 0.15) is 11.4 Å². The van der Waals surface area contributed by atoms with Crippen molar-refractivity contribution in [2.24, 2.45) is 11.8 Å². The maximum Gasteiger partial charge on any atom is 0.410 e. The molecule has 3 N–H and O–H groups in total. The molecule has 8 heteroatoms. The van der Waals surface area contributed by atoms with Crippen molar-refractivity contribution in [3.8, 4) is 5.75 Å². The summed E-state index contributed by atoms with van der Waals surface area (Å²) in [6.45, 7) is 7.37. The van der Waals surface area contributed by atoms with Gasteiger partial charge in [-0.2, -0.15) is 0 Å². The molecule has 0 radical (unpaired) electrons. The average molecular weight is 489 g/mol. The number of hydrogen-bond acceptors (Lipinski definition) is 6. The van der Waals surface area contributed by atoms with E-state index in [4.69, 9.17) is 14.6 Å². The first kappa shape index (κ1) is 27.0. The van der Waals surface area contributed by atoms with Gasteiger partial charge in [0.2, 0.25) is 5.91 Å². The van der Waals surface area contributed by atoms with Crippen molar-refractivity contribution in [2.45, 2.75) is 64.6 Å². The van der Waals surface area contributed by atoms with E-state index in [0.29, 0.717) is 32.0 Å². The highest BCUT2D eigenvalue weighted by Gasteiger charge is 2.27. The summed E-state index contributed by atoms with van der Waals surface area (Å²) in [5, 5.41) is 21.0. The summed E-state index contributed by atoms with van der Waals surface area (Å²) < 4.78 is 11.5. The maximum absolute atomic E-state index is 12.2. The van der Waals surface area contributed by atoms with Crippen LogP contribution in [0.25, 0.3) is 5.57 Å². The first-order chi connectivity index (χ1) is 16.6. The second-order valence-corrected chi connectivity index (χ2v) is 10.5. The topological polar surface area (TPSA) is 108 Å². The second kappa shape index (κ2) is 12.4. The normalized spacial score (nSPS) is 20.1. The van der Waals surface area contributed by atoms with Crippen molar-refractivity contribution in [1.29, 1.82) is 0 Å². The molecule has 0 saturated carbocycles. The Morgan fingerprint density at radius 1 is 1.14 bits per heavy atom. The van der Waals surface area contributed by atoms with Gasteiger partial charge in [0.05, 0.1) is 19.3 Å². The third kappa shape index (κ3) is 8.54. The molecular formula is C27H40N2O6. The van der Waals surface area contributed by atoms with E-state index in [0.717, 1.165) is 37.0 Å². The van der Waals surface area contributed by atoms with Crippen molar-refractivity contribution >= 4 is 17.6 Å². The number of nitrogens with one attached hydrogen (secondary N) is 1. The number of benzene rings is 1. The Morgan fingerprint density at radius 3 is 2.40 bits per heavy atom. The van der Waals surface area contributed by atoms with Gasteiger partial charge in [-0.15, -0.1) is 0 Å². The Morgan fingerprint density at radius 2 is 1.83 bits per heavy atom. The molecule has 194 valence electrons. The van der Waals surface area contributed by atoms with Crippen molar-refractivity contribution in [3.63, 3.8) is 0 Å². The summed E-state index contributed by atoms with van der Waals surface area (Å²) in [5.41, 5.74) is 1.89. The number of ether oxygens (including phenoxy) is 2. The fraction of sp³-hybridized carbons (Fsp3) is 0.630. The van der Waals surface area contributed by atoms with Crippen LogP contribution in [0.5, 0.6) is 5.75 Å². The van der Waals surface area contributed by atoms with Crippen LogP contribution in [0.3, 0.4) is 0 Å². The van der Waals surface area contributed by atoms with Crippen LogP contribution in [0.2, 0.25) is 0 Å². The summed E-state index contributed by atoms with van der Waals surface area (Å²) in [5.74, 6) is 1.07. The molecule has 0 bridgehead atoms. The van der Waals surface area contributed by atoms with E-state index in [1.807, 2.05) is 32.9 Å². The van der Waals surface area contributed by atoms with Crippen LogP contribution in [0.4, 0.5) is 4.79 Å². The van der Waals surface area contributed by atoms with E-state index < -0.39 is 11.7 Å². The van der Waals surface area contributed by atoms with Crippen LogP contribution in [0, 0.1) is 11.8 Å². The zero-order valence-corrected chi connectivity index (χ0v) is 21.2. The number of piperidine rings is 1. The highest BCUT2D eigenvalue weighted by Crippen LogP contribution is 2.31. The van der Waals surface area contributed by atoms with Gasteiger partial charge >= 0.3 is 6.09 Å². The Kier molecular flexibility index (Phi) is 9.57. The zero-order chi connectivity index (χ0) is 25.4. The predicted octanol–water partition coefficient (Wildman–Crippen LogP) is 3.37. The molecule has 1 aliphatic heterocycles. The van der Waals surface area contributed by atoms with E-state index >= 15 is 0 Å². The highest BCUT2D eigenvalue weighted by molar-refractivity contribution is 5.80. The predicted molar refractivity (Wildman–Crippen MR) is 134 cm³/mol. The Bertz CT molecular complexity index is 869. The largest absolute Gasteiger partial charge is 0.493 e. The minimum absolute atomic E-state index is 0.0755. The van der Waals surface area contributed by atoms with E-state index in [2.05, 4.69) is 23.5 Å². The van der Waals surface area contributed by atoms with Gasteiger partial charge in [-0.3, -0.25) is 4.79 Å². The Balaban J connectivity index is 1.40. The molecule has 35 heavy (non-hydrogen) atoms. The molecule has 1 unspecified atom stereocenters. The number of aliphatic hydroxyl groups is 2. The lowest BCUT2D eigenvalue weighted by molar-refractivity contribution is -0.125.